The third-order valence-corrected chi connectivity index (χ3v) is 7.66. The maximum Gasteiger partial charge on any atom is 0.437 e. The second-order valence-electron chi connectivity index (χ2n) is 16.8. The summed E-state index contributed by atoms with van der Waals surface area (Å²) >= 11 is 0. The van der Waals surface area contributed by atoms with E-state index in [1.54, 1.807) is 135 Å². The lowest BCUT2D eigenvalue weighted by molar-refractivity contribution is -0.384. The van der Waals surface area contributed by atoms with Crippen LogP contribution < -0.4 is 15.2 Å². The van der Waals surface area contributed by atoms with Gasteiger partial charge in [-0.1, -0.05) is 48.5 Å². The number of hydrogen-bond donors (Lipinski definition) is 3. The molecular formula is C45H55N5O13. The van der Waals surface area contributed by atoms with Gasteiger partial charge in [0, 0.05) is 17.8 Å². The number of carboxylic acid groups (broad SMARTS) is 1. The number of nitrogen functional groups attached to an aromatic ring is 1. The Morgan fingerprint density at radius 2 is 1.13 bits per heavy atom. The van der Waals surface area contributed by atoms with Gasteiger partial charge in [-0.15, -0.1) is 9.89 Å². The molecule has 0 aliphatic rings. The quantitative estimate of drug-likeness (QED) is 0.0336. The standard InChI is InChI=1S/C31H42N4O9.C14H13NO4/c1-29(2,3)42-25(36)33-24(35(27(39)43-30(4,5)6)28(40)44-31(7,8)9)34(26(37)38)18-20-13-15-23(16-14-20)41-19-21-11-10-12-22(32)17-21;16-9-11-4-6-14(7-5-11)19-10-12-2-1-3-13(8-12)15(17)18/h10-17H,18-19,32H2,1-9H3,(H,37,38);1-8,16H,9-10H2/b33-24-;. The van der Waals surface area contributed by atoms with Crippen LogP contribution in [0.25, 0.3) is 0 Å². The molecule has 0 aliphatic heterocycles. The van der Waals surface area contributed by atoms with Crippen molar-refractivity contribution in [1.29, 1.82) is 0 Å². The Bertz CT molecular complexity index is 2200. The fourth-order valence-electron chi connectivity index (χ4n) is 5.02. The summed E-state index contributed by atoms with van der Waals surface area (Å²) in [4.78, 5) is 66.9. The first kappa shape index (κ1) is 50.1. The summed E-state index contributed by atoms with van der Waals surface area (Å²) in [6, 6.07) is 27.0. The number of ether oxygens (including phenoxy) is 5. The number of guanidine groups is 1. The molecular weight excluding hydrogens is 819 g/mol. The molecule has 4 aromatic carbocycles. The van der Waals surface area contributed by atoms with Crippen molar-refractivity contribution in [3.63, 3.8) is 0 Å². The number of carbonyl (C=O) groups excluding carboxylic acids is 3. The highest BCUT2D eigenvalue weighted by molar-refractivity contribution is 6.13. The van der Waals surface area contributed by atoms with Gasteiger partial charge in [-0.25, -0.2) is 24.1 Å². The minimum Gasteiger partial charge on any atom is -0.489 e. The number of nitrogens with zero attached hydrogens (tertiary/aromatic N) is 4. The predicted molar refractivity (Wildman–Crippen MR) is 233 cm³/mol. The second kappa shape index (κ2) is 22.1. The summed E-state index contributed by atoms with van der Waals surface area (Å²) in [7, 11) is 0. The van der Waals surface area contributed by atoms with E-state index in [1.165, 1.54) is 12.1 Å². The molecule has 0 unspecified atom stereocenters. The highest BCUT2D eigenvalue weighted by atomic mass is 16.6. The van der Waals surface area contributed by atoms with Gasteiger partial charge < -0.3 is 39.6 Å². The van der Waals surface area contributed by atoms with Crippen LogP contribution in [0.3, 0.4) is 0 Å². The number of rotatable bonds is 10. The van der Waals surface area contributed by atoms with Crippen LogP contribution in [-0.2, 0) is 40.6 Å². The molecule has 0 atom stereocenters. The number of nitrogens with two attached hydrogens (primary N) is 1. The Morgan fingerprint density at radius 1 is 0.667 bits per heavy atom. The number of benzene rings is 4. The minimum absolute atomic E-state index is 0.00877. The fraction of sp³-hybridized carbons (Fsp3) is 0.356. The summed E-state index contributed by atoms with van der Waals surface area (Å²) in [5, 5.41) is 29.8. The van der Waals surface area contributed by atoms with E-state index in [2.05, 4.69) is 4.99 Å². The summed E-state index contributed by atoms with van der Waals surface area (Å²) < 4.78 is 27.3. The molecule has 0 heterocycles. The number of nitro benzene ring substituents is 1. The van der Waals surface area contributed by atoms with E-state index in [4.69, 9.17) is 34.5 Å². The zero-order valence-corrected chi connectivity index (χ0v) is 36.8. The predicted octanol–water partition coefficient (Wildman–Crippen LogP) is 9.46. The first-order valence-corrected chi connectivity index (χ1v) is 19.5. The maximum atomic E-state index is 13.4. The molecule has 0 aliphatic carbocycles. The van der Waals surface area contributed by atoms with Crippen LogP contribution in [0.4, 0.5) is 30.6 Å². The average molecular weight is 874 g/mol. The topological polar surface area (TPSA) is 243 Å². The monoisotopic (exact) mass is 873 g/mol. The molecule has 338 valence electrons. The maximum absolute atomic E-state index is 13.4. The Hall–Kier alpha value is -7.21. The smallest absolute Gasteiger partial charge is 0.437 e. The van der Waals surface area contributed by atoms with Crippen LogP contribution in [0.2, 0.25) is 0 Å². The molecule has 4 rings (SSSR count). The van der Waals surface area contributed by atoms with Crippen molar-refractivity contribution < 1.29 is 58.0 Å². The zero-order valence-electron chi connectivity index (χ0n) is 36.8. The third-order valence-electron chi connectivity index (χ3n) is 7.66. The van der Waals surface area contributed by atoms with Crippen LogP contribution in [-0.4, -0.2) is 72.1 Å². The molecule has 4 amide bonds. The van der Waals surface area contributed by atoms with Crippen molar-refractivity contribution in [2.45, 2.75) is 105 Å². The highest BCUT2D eigenvalue weighted by Crippen LogP contribution is 2.22. The number of nitro groups is 1. The van der Waals surface area contributed by atoms with Crippen molar-refractivity contribution in [3.05, 3.63) is 129 Å². The first-order valence-electron chi connectivity index (χ1n) is 19.5. The van der Waals surface area contributed by atoms with Crippen molar-refractivity contribution in [1.82, 2.24) is 9.80 Å². The summed E-state index contributed by atoms with van der Waals surface area (Å²) in [6.07, 6.45) is -5.51. The van der Waals surface area contributed by atoms with Crippen molar-refractivity contribution in [3.8, 4) is 11.5 Å². The number of imide groups is 1. The van der Waals surface area contributed by atoms with Gasteiger partial charge >= 0.3 is 24.4 Å². The van der Waals surface area contributed by atoms with E-state index in [1.807, 2.05) is 12.1 Å². The van der Waals surface area contributed by atoms with Crippen LogP contribution in [0, 0.1) is 10.1 Å². The SMILES string of the molecule is CC(C)(C)OC(=O)/N=C(/N(Cc1ccc(OCc2cccc(N)c2)cc1)C(=O)O)N(C(=O)OC(C)(C)C)C(=O)OC(C)(C)C.O=[N+]([O-])c1cccc(COc2ccc(CO)cc2)c1. The Labute approximate surface area is 365 Å². The van der Waals surface area contributed by atoms with Crippen LogP contribution >= 0.6 is 0 Å². The second-order valence-corrected chi connectivity index (χ2v) is 16.8. The van der Waals surface area contributed by atoms with Crippen molar-refractivity contribution in [2.75, 3.05) is 5.73 Å². The lowest BCUT2D eigenvalue weighted by atomic mass is 10.2. The molecule has 63 heavy (non-hydrogen) atoms. The molecule has 0 saturated carbocycles. The Balaban J connectivity index is 0.000000459. The van der Waals surface area contributed by atoms with Crippen molar-refractivity contribution in [2.24, 2.45) is 4.99 Å². The number of aliphatic hydroxyl groups is 1. The molecule has 18 nitrogen and oxygen atoms in total. The number of amides is 4. The lowest BCUT2D eigenvalue weighted by Gasteiger charge is -2.32. The molecule has 0 saturated heterocycles. The Morgan fingerprint density at radius 3 is 1.56 bits per heavy atom. The molecule has 0 aromatic heterocycles. The largest absolute Gasteiger partial charge is 0.489 e. The highest BCUT2D eigenvalue weighted by Gasteiger charge is 2.40. The number of carbonyl (C=O) groups is 4. The molecule has 4 aromatic rings. The lowest BCUT2D eigenvalue weighted by Crippen LogP contribution is -2.54. The van der Waals surface area contributed by atoms with E-state index >= 15 is 0 Å². The van der Waals surface area contributed by atoms with E-state index < -0.39 is 58.6 Å². The van der Waals surface area contributed by atoms with Gasteiger partial charge in [0.25, 0.3) is 5.69 Å². The molecule has 0 spiro atoms. The first-order chi connectivity index (χ1) is 29.3. The average Bonchev–Trinajstić information content (AvgIpc) is 3.17. The van der Waals surface area contributed by atoms with E-state index in [9.17, 15) is 34.4 Å². The molecule has 0 bridgehead atoms. The Kier molecular flexibility index (Phi) is 17.6. The van der Waals surface area contributed by atoms with Gasteiger partial charge in [-0.2, -0.15) is 0 Å². The summed E-state index contributed by atoms with van der Waals surface area (Å²) in [5.74, 6) is 0.255. The van der Waals surface area contributed by atoms with Gasteiger partial charge in [0.2, 0.25) is 5.96 Å². The molecule has 0 fully saturated rings. The van der Waals surface area contributed by atoms with E-state index in [-0.39, 0.29) is 30.4 Å². The molecule has 4 N–H and O–H groups in total. The summed E-state index contributed by atoms with van der Waals surface area (Å²) in [5.41, 5.74) is 6.04. The van der Waals surface area contributed by atoms with Crippen LogP contribution in [0.5, 0.6) is 11.5 Å². The van der Waals surface area contributed by atoms with Crippen molar-refractivity contribution >= 4 is 41.7 Å². The number of aliphatic imine (C=N–C) groups is 1. The molecule has 0 radical (unpaired) electrons. The zero-order chi connectivity index (χ0) is 47.1. The van der Waals surface area contributed by atoms with Crippen LogP contribution in [0.1, 0.15) is 84.6 Å². The van der Waals surface area contributed by atoms with Gasteiger partial charge in [0.05, 0.1) is 18.1 Å². The van der Waals surface area contributed by atoms with Gasteiger partial charge in [-0.3, -0.25) is 10.1 Å². The fourth-order valence-corrected chi connectivity index (χ4v) is 5.02. The number of non-ortho nitro benzene ring substituents is 1. The van der Waals surface area contributed by atoms with E-state index in [0.29, 0.717) is 27.6 Å². The minimum atomic E-state index is -1.63. The van der Waals surface area contributed by atoms with Crippen LogP contribution in [0.15, 0.2) is 102 Å². The van der Waals surface area contributed by atoms with E-state index in [0.717, 1.165) is 16.7 Å². The number of anilines is 1. The molecule has 18 heteroatoms. The van der Waals surface area contributed by atoms with Gasteiger partial charge in [0.15, 0.2) is 0 Å². The number of hydrogen-bond acceptors (Lipinski definition) is 13. The summed E-state index contributed by atoms with van der Waals surface area (Å²) in [6.45, 7) is 14.1. The van der Waals surface area contributed by atoms with Gasteiger partial charge in [0.1, 0.15) is 41.5 Å². The third kappa shape index (κ3) is 18.1. The van der Waals surface area contributed by atoms with Gasteiger partial charge in [-0.05, 0) is 121 Å². The normalized spacial score (nSPS) is 11.6. The number of aliphatic hydroxyl groups excluding tert-OH is 1.